The Bertz CT molecular complexity index is 1320. The molecule has 1 aromatic heterocycles. The number of carbonyl (C=O) groups excluding carboxylic acids is 2. The Labute approximate surface area is 180 Å². The first kappa shape index (κ1) is 21.0. The summed E-state index contributed by atoms with van der Waals surface area (Å²) in [7, 11) is 0. The first-order chi connectivity index (χ1) is 15.3. The molecule has 4 aromatic rings. The number of benzene rings is 3. The lowest BCUT2D eigenvalue weighted by Gasteiger charge is -2.13. The molecule has 0 radical (unpaired) electrons. The Morgan fingerprint density at radius 1 is 0.750 bits per heavy atom. The molecule has 4 rings (SSSR count). The molecule has 0 aliphatic rings. The second kappa shape index (κ2) is 8.50. The van der Waals surface area contributed by atoms with Crippen LogP contribution in [-0.4, -0.2) is 16.8 Å². The molecule has 0 atom stereocenters. The van der Waals surface area contributed by atoms with E-state index in [0.717, 1.165) is 23.0 Å². The van der Waals surface area contributed by atoms with E-state index in [9.17, 15) is 22.8 Å². The third-order valence-electron chi connectivity index (χ3n) is 4.70. The summed E-state index contributed by atoms with van der Waals surface area (Å²) in [5.41, 5.74) is -0.424. The summed E-state index contributed by atoms with van der Waals surface area (Å²) < 4.78 is 39.5. The van der Waals surface area contributed by atoms with Crippen molar-refractivity contribution in [3.05, 3.63) is 102 Å². The Morgan fingerprint density at radius 2 is 1.50 bits per heavy atom. The van der Waals surface area contributed by atoms with E-state index >= 15 is 0 Å². The fourth-order valence-electron chi connectivity index (χ4n) is 3.19. The summed E-state index contributed by atoms with van der Waals surface area (Å²) in [6, 6.07) is 21.3. The van der Waals surface area contributed by atoms with Crippen LogP contribution >= 0.6 is 0 Å². The average molecular weight is 435 g/mol. The average Bonchev–Trinajstić information content (AvgIpc) is 2.78. The highest BCUT2D eigenvalue weighted by molar-refractivity contribution is 6.08. The lowest BCUT2D eigenvalue weighted by molar-refractivity contribution is -0.137. The van der Waals surface area contributed by atoms with Crippen molar-refractivity contribution in [3.8, 4) is 0 Å². The molecule has 0 aliphatic carbocycles. The van der Waals surface area contributed by atoms with Crippen LogP contribution in [0.25, 0.3) is 10.9 Å². The van der Waals surface area contributed by atoms with Crippen LogP contribution in [0.2, 0.25) is 0 Å². The predicted molar refractivity (Wildman–Crippen MR) is 116 cm³/mol. The first-order valence-electron chi connectivity index (χ1n) is 9.56. The summed E-state index contributed by atoms with van der Waals surface area (Å²) in [6.45, 7) is 0. The van der Waals surface area contributed by atoms with Gasteiger partial charge in [-0.05, 0) is 48.5 Å². The first-order valence-corrected chi connectivity index (χ1v) is 9.56. The molecule has 5 nitrogen and oxygen atoms in total. The van der Waals surface area contributed by atoms with Crippen LogP contribution < -0.4 is 10.6 Å². The SMILES string of the molecule is O=C(Nc1ccc2ccccc2n1)c1cccc(NC(=O)c2ccccc2C(F)(F)F)c1. The molecule has 160 valence electrons. The molecule has 0 saturated carbocycles. The lowest BCUT2D eigenvalue weighted by Crippen LogP contribution is -2.19. The van der Waals surface area contributed by atoms with E-state index < -0.39 is 29.1 Å². The van der Waals surface area contributed by atoms with Gasteiger partial charge in [0.2, 0.25) is 0 Å². The monoisotopic (exact) mass is 435 g/mol. The van der Waals surface area contributed by atoms with Gasteiger partial charge in [0.1, 0.15) is 5.82 Å². The minimum atomic E-state index is -4.66. The van der Waals surface area contributed by atoms with Gasteiger partial charge in [-0.1, -0.05) is 36.4 Å². The number of fused-ring (bicyclic) bond motifs is 1. The Balaban J connectivity index is 1.52. The molecule has 32 heavy (non-hydrogen) atoms. The quantitative estimate of drug-likeness (QED) is 0.428. The van der Waals surface area contributed by atoms with Crippen molar-refractivity contribution in [3.63, 3.8) is 0 Å². The molecule has 0 aliphatic heterocycles. The normalized spacial score (nSPS) is 11.2. The number of aromatic nitrogens is 1. The van der Waals surface area contributed by atoms with Gasteiger partial charge < -0.3 is 10.6 Å². The van der Waals surface area contributed by atoms with Gasteiger partial charge in [-0.2, -0.15) is 13.2 Å². The number of rotatable bonds is 4. The number of anilines is 2. The van der Waals surface area contributed by atoms with Gasteiger partial charge in [0, 0.05) is 16.6 Å². The number of para-hydroxylation sites is 1. The molecule has 0 spiro atoms. The highest BCUT2D eigenvalue weighted by atomic mass is 19.4. The van der Waals surface area contributed by atoms with E-state index in [1.165, 1.54) is 36.4 Å². The van der Waals surface area contributed by atoms with Crippen LogP contribution in [0.5, 0.6) is 0 Å². The largest absolute Gasteiger partial charge is 0.417 e. The molecule has 2 amide bonds. The molecule has 8 heteroatoms. The highest BCUT2D eigenvalue weighted by Gasteiger charge is 2.34. The highest BCUT2D eigenvalue weighted by Crippen LogP contribution is 2.32. The van der Waals surface area contributed by atoms with E-state index in [1.807, 2.05) is 30.3 Å². The predicted octanol–water partition coefficient (Wildman–Crippen LogP) is 5.76. The van der Waals surface area contributed by atoms with E-state index in [2.05, 4.69) is 15.6 Å². The number of nitrogens with one attached hydrogen (secondary N) is 2. The topological polar surface area (TPSA) is 71.1 Å². The van der Waals surface area contributed by atoms with Crippen LogP contribution in [-0.2, 0) is 6.18 Å². The Kier molecular flexibility index (Phi) is 5.59. The molecule has 1 heterocycles. The maximum Gasteiger partial charge on any atom is 0.417 e. The molecule has 3 aromatic carbocycles. The zero-order valence-electron chi connectivity index (χ0n) is 16.5. The Hall–Kier alpha value is -4.20. The van der Waals surface area contributed by atoms with E-state index in [-0.39, 0.29) is 11.3 Å². The van der Waals surface area contributed by atoms with Gasteiger partial charge in [0.25, 0.3) is 11.8 Å². The summed E-state index contributed by atoms with van der Waals surface area (Å²) >= 11 is 0. The van der Waals surface area contributed by atoms with E-state index in [1.54, 1.807) is 6.07 Å². The van der Waals surface area contributed by atoms with Gasteiger partial charge in [0.15, 0.2) is 0 Å². The number of halogens is 3. The lowest BCUT2D eigenvalue weighted by atomic mass is 10.1. The number of hydrogen-bond donors (Lipinski definition) is 2. The molecule has 2 N–H and O–H groups in total. The van der Waals surface area contributed by atoms with Gasteiger partial charge in [0.05, 0.1) is 16.6 Å². The van der Waals surface area contributed by atoms with Gasteiger partial charge >= 0.3 is 6.18 Å². The van der Waals surface area contributed by atoms with Crippen LogP contribution in [0.1, 0.15) is 26.3 Å². The third kappa shape index (κ3) is 4.59. The molecule has 0 unspecified atom stereocenters. The second-order valence-electron chi connectivity index (χ2n) is 6.92. The van der Waals surface area contributed by atoms with E-state index in [0.29, 0.717) is 5.82 Å². The molecule has 0 bridgehead atoms. The fraction of sp³-hybridized carbons (Fsp3) is 0.0417. The molecule has 0 saturated heterocycles. The standard InChI is InChI=1S/C24H16F3N3O2/c25-24(26,27)19-10-3-2-9-18(19)23(32)28-17-8-5-7-16(14-17)22(31)30-21-13-12-15-6-1-4-11-20(15)29-21/h1-14H,(H,28,32)(H,29,30,31). The zero-order chi connectivity index (χ0) is 22.7. The maximum atomic E-state index is 13.2. The van der Waals surface area contributed by atoms with Crippen molar-refractivity contribution in [2.24, 2.45) is 0 Å². The summed E-state index contributed by atoms with van der Waals surface area (Å²) in [4.78, 5) is 29.5. The Morgan fingerprint density at radius 3 is 2.31 bits per heavy atom. The minimum absolute atomic E-state index is 0.186. The maximum absolute atomic E-state index is 13.2. The van der Waals surface area contributed by atoms with Crippen LogP contribution in [0.3, 0.4) is 0 Å². The zero-order valence-corrected chi connectivity index (χ0v) is 16.5. The van der Waals surface area contributed by atoms with Gasteiger partial charge in [-0.25, -0.2) is 4.98 Å². The number of alkyl halides is 3. The van der Waals surface area contributed by atoms with Crippen molar-refractivity contribution in [1.82, 2.24) is 4.98 Å². The number of hydrogen-bond acceptors (Lipinski definition) is 3. The third-order valence-corrected chi connectivity index (χ3v) is 4.70. The van der Waals surface area contributed by atoms with Crippen molar-refractivity contribution in [2.75, 3.05) is 10.6 Å². The number of carbonyl (C=O) groups is 2. The number of amides is 2. The van der Waals surface area contributed by atoms with Crippen molar-refractivity contribution in [1.29, 1.82) is 0 Å². The van der Waals surface area contributed by atoms with Crippen molar-refractivity contribution >= 4 is 34.2 Å². The molecule has 0 fully saturated rings. The van der Waals surface area contributed by atoms with Crippen LogP contribution in [0, 0.1) is 0 Å². The smallest absolute Gasteiger partial charge is 0.322 e. The molecular formula is C24H16F3N3O2. The van der Waals surface area contributed by atoms with Crippen LogP contribution in [0.4, 0.5) is 24.7 Å². The van der Waals surface area contributed by atoms with Crippen molar-refractivity contribution in [2.45, 2.75) is 6.18 Å². The van der Waals surface area contributed by atoms with Gasteiger partial charge in [-0.15, -0.1) is 0 Å². The number of nitrogens with zero attached hydrogens (tertiary/aromatic N) is 1. The fourth-order valence-corrected chi connectivity index (χ4v) is 3.19. The summed E-state index contributed by atoms with van der Waals surface area (Å²) in [5, 5.41) is 6.02. The van der Waals surface area contributed by atoms with Crippen molar-refractivity contribution < 1.29 is 22.8 Å². The second-order valence-corrected chi connectivity index (χ2v) is 6.92. The summed E-state index contributed by atoms with van der Waals surface area (Å²) in [5.74, 6) is -1.05. The summed E-state index contributed by atoms with van der Waals surface area (Å²) in [6.07, 6.45) is -4.66. The van der Waals surface area contributed by atoms with Crippen LogP contribution in [0.15, 0.2) is 84.9 Å². The molecular weight excluding hydrogens is 419 g/mol. The minimum Gasteiger partial charge on any atom is -0.322 e. The van der Waals surface area contributed by atoms with E-state index in [4.69, 9.17) is 0 Å². The van der Waals surface area contributed by atoms with Gasteiger partial charge in [-0.3, -0.25) is 9.59 Å². The number of pyridine rings is 1.